The van der Waals surface area contributed by atoms with Crippen LogP contribution < -0.4 is 15.4 Å². The van der Waals surface area contributed by atoms with Crippen molar-refractivity contribution in [3.63, 3.8) is 0 Å². The highest BCUT2D eigenvalue weighted by Crippen LogP contribution is 2.23. The molecule has 3 amide bonds. The smallest absolute Gasteiger partial charge is 0.321 e. The second-order valence-electron chi connectivity index (χ2n) is 6.26. The van der Waals surface area contributed by atoms with E-state index in [1.807, 2.05) is 0 Å². The molecule has 1 aromatic rings. The first-order valence-corrected chi connectivity index (χ1v) is 8.30. The molecule has 1 aliphatic carbocycles. The van der Waals surface area contributed by atoms with E-state index in [0.29, 0.717) is 17.2 Å². The number of benzene rings is 1. The van der Waals surface area contributed by atoms with Crippen LogP contribution in [0.5, 0.6) is 5.75 Å². The minimum atomic E-state index is -0.508. The van der Waals surface area contributed by atoms with E-state index in [-0.39, 0.29) is 18.4 Å². The van der Waals surface area contributed by atoms with Crippen molar-refractivity contribution in [2.75, 3.05) is 6.61 Å². The number of ether oxygens (including phenoxy) is 1. The average molecular weight is 332 g/mol. The fraction of sp³-hybridized carbons (Fsp3) is 0.500. The standard InChI is InChI=1S/C18H24N2O4/c1-12-5-3-4-6-16(12)19-18(23)20-17(22)11-24-15-9-7-14(8-10-15)13(2)21/h7-10,12,16H,3-6,11H2,1-2H3,(H2,19,20,22,23). The molecule has 24 heavy (non-hydrogen) atoms. The van der Waals surface area contributed by atoms with Crippen molar-refractivity contribution in [1.29, 1.82) is 0 Å². The predicted molar refractivity (Wildman–Crippen MR) is 90.0 cm³/mol. The SMILES string of the molecule is CC(=O)c1ccc(OCC(=O)NC(=O)NC2CCCCC2C)cc1. The largest absolute Gasteiger partial charge is 0.484 e. The van der Waals surface area contributed by atoms with E-state index in [2.05, 4.69) is 17.6 Å². The van der Waals surface area contributed by atoms with Crippen molar-refractivity contribution >= 4 is 17.7 Å². The molecule has 2 unspecified atom stereocenters. The van der Waals surface area contributed by atoms with Crippen LogP contribution in [0.4, 0.5) is 4.79 Å². The minimum Gasteiger partial charge on any atom is -0.484 e. The van der Waals surface area contributed by atoms with E-state index in [0.717, 1.165) is 19.3 Å². The van der Waals surface area contributed by atoms with Gasteiger partial charge < -0.3 is 10.1 Å². The van der Waals surface area contributed by atoms with Crippen molar-refractivity contribution in [1.82, 2.24) is 10.6 Å². The molecule has 6 nitrogen and oxygen atoms in total. The molecule has 6 heteroatoms. The Kier molecular flexibility index (Phi) is 6.35. The molecule has 0 radical (unpaired) electrons. The zero-order valence-electron chi connectivity index (χ0n) is 14.1. The second kappa shape index (κ2) is 8.47. The Morgan fingerprint density at radius 3 is 2.42 bits per heavy atom. The maximum atomic E-state index is 11.9. The predicted octanol–water partition coefficient (Wildman–Crippen LogP) is 2.67. The Bertz CT molecular complexity index is 598. The Balaban J connectivity index is 1.74. The lowest BCUT2D eigenvalue weighted by Gasteiger charge is -2.29. The maximum Gasteiger partial charge on any atom is 0.321 e. The van der Waals surface area contributed by atoms with Crippen LogP contribution in [0.25, 0.3) is 0 Å². The lowest BCUT2D eigenvalue weighted by Crippen LogP contribution is -2.48. The van der Waals surface area contributed by atoms with Crippen LogP contribution in [0.3, 0.4) is 0 Å². The number of Topliss-reactive ketones (excluding diaryl/α,β-unsaturated/α-hetero) is 1. The number of imide groups is 1. The summed E-state index contributed by atoms with van der Waals surface area (Å²) in [4.78, 5) is 34.8. The highest BCUT2D eigenvalue weighted by atomic mass is 16.5. The molecule has 0 aromatic heterocycles. The number of hydrogen-bond donors (Lipinski definition) is 2. The van der Waals surface area contributed by atoms with E-state index in [1.54, 1.807) is 24.3 Å². The van der Waals surface area contributed by atoms with Gasteiger partial charge in [-0.1, -0.05) is 19.8 Å². The summed E-state index contributed by atoms with van der Waals surface area (Å²) < 4.78 is 5.31. The summed E-state index contributed by atoms with van der Waals surface area (Å²) in [5, 5.41) is 5.13. The van der Waals surface area contributed by atoms with Gasteiger partial charge in [0.05, 0.1) is 0 Å². The Hall–Kier alpha value is -2.37. The highest BCUT2D eigenvalue weighted by molar-refractivity contribution is 5.95. The van der Waals surface area contributed by atoms with E-state index >= 15 is 0 Å². The van der Waals surface area contributed by atoms with Gasteiger partial charge in [0.25, 0.3) is 5.91 Å². The molecule has 130 valence electrons. The quantitative estimate of drug-likeness (QED) is 0.812. The normalized spacial score (nSPS) is 20.1. The van der Waals surface area contributed by atoms with Crippen molar-refractivity contribution in [3.05, 3.63) is 29.8 Å². The molecule has 0 bridgehead atoms. The number of carbonyl (C=O) groups is 3. The lowest BCUT2D eigenvalue weighted by atomic mass is 9.86. The Morgan fingerprint density at radius 1 is 1.12 bits per heavy atom. The zero-order valence-corrected chi connectivity index (χ0v) is 14.1. The van der Waals surface area contributed by atoms with Gasteiger partial charge in [-0.3, -0.25) is 14.9 Å². The van der Waals surface area contributed by atoms with Crippen LogP contribution in [0.2, 0.25) is 0 Å². The summed E-state index contributed by atoms with van der Waals surface area (Å²) >= 11 is 0. The average Bonchev–Trinajstić information content (AvgIpc) is 2.55. The van der Waals surface area contributed by atoms with E-state index < -0.39 is 11.9 Å². The number of amides is 3. The first kappa shape index (κ1) is 18.0. The van der Waals surface area contributed by atoms with E-state index in [9.17, 15) is 14.4 Å². The van der Waals surface area contributed by atoms with Crippen molar-refractivity contribution in [3.8, 4) is 5.75 Å². The molecule has 2 rings (SSSR count). The third-order valence-corrected chi connectivity index (χ3v) is 4.31. The van der Waals surface area contributed by atoms with E-state index in [1.165, 1.54) is 13.3 Å². The van der Waals surface area contributed by atoms with Crippen LogP contribution in [0, 0.1) is 5.92 Å². The van der Waals surface area contributed by atoms with Gasteiger partial charge in [-0.15, -0.1) is 0 Å². The number of nitrogens with one attached hydrogen (secondary N) is 2. The van der Waals surface area contributed by atoms with Gasteiger partial charge >= 0.3 is 6.03 Å². The third-order valence-electron chi connectivity index (χ3n) is 4.31. The van der Waals surface area contributed by atoms with Crippen molar-refractivity contribution < 1.29 is 19.1 Å². The molecule has 1 saturated carbocycles. The fourth-order valence-corrected chi connectivity index (χ4v) is 2.83. The topological polar surface area (TPSA) is 84.5 Å². The van der Waals surface area contributed by atoms with Gasteiger partial charge in [0.15, 0.2) is 12.4 Å². The fourth-order valence-electron chi connectivity index (χ4n) is 2.83. The molecule has 0 heterocycles. The molecule has 2 N–H and O–H groups in total. The summed E-state index contributed by atoms with van der Waals surface area (Å²) in [7, 11) is 0. The number of hydrogen-bond acceptors (Lipinski definition) is 4. The van der Waals surface area contributed by atoms with Gasteiger partial charge in [0.2, 0.25) is 0 Å². The maximum absolute atomic E-state index is 11.9. The van der Waals surface area contributed by atoms with Crippen LogP contribution in [-0.2, 0) is 4.79 Å². The monoisotopic (exact) mass is 332 g/mol. The molecule has 1 aromatic carbocycles. The van der Waals surface area contributed by atoms with Gasteiger partial charge in [-0.05, 0) is 49.9 Å². The van der Waals surface area contributed by atoms with Crippen molar-refractivity contribution in [2.45, 2.75) is 45.6 Å². The number of rotatable bonds is 5. The Labute approximate surface area is 142 Å². The second-order valence-corrected chi connectivity index (χ2v) is 6.26. The third kappa shape index (κ3) is 5.37. The molecule has 1 fully saturated rings. The summed E-state index contributed by atoms with van der Waals surface area (Å²) in [5.41, 5.74) is 0.577. The molecular weight excluding hydrogens is 308 g/mol. The lowest BCUT2D eigenvalue weighted by molar-refractivity contribution is -0.122. The van der Waals surface area contributed by atoms with Crippen LogP contribution in [0.1, 0.15) is 49.9 Å². The highest BCUT2D eigenvalue weighted by Gasteiger charge is 2.23. The van der Waals surface area contributed by atoms with Crippen LogP contribution in [0.15, 0.2) is 24.3 Å². The molecule has 0 aliphatic heterocycles. The minimum absolute atomic E-state index is 0.0343. The first-order valence-electron chi connectivity index (χ1n) is 8.30. The molecule has 0 saturated heterocycles. The zero-order chi connectivity index (χ0) is 17.5. The number of ketones is 1. The first-order chi connectivity index (χ1) is 11.5. The summed E-state index contributed by atoms with van der Waals surface area (Å²) in [6.45, 7) is 3.34. The van der Waals surface area contributed by atoms with Crippen LogP contribution in [-0.4, -0.2) is 30.4 Å². The number of carbonyl (C=O) groups excluding carboxylic acids is 3. The summed E-state index contributed by atoms with van der Waals surface area (Å²) in [6.07, 6.45) is 4.33. The van der Waals surface area contributed by atoms with Gasteiger partial charge in [-0.2, -0.15) is 0 Å². The van der Waals surface area contributed by atoms with Crippen LogP contribution >= 0.6 is 0 Å². The van der Waals surface area contributed by atoms with Gasteiger partial charge in [-0.25, -0.2) is 4.79 Å². The summed E-state index contributed by atoms with van der Waals surface area (Å²) in [5.74, 6) is 0.353. The molecule has 0 spiro atoms. The molecule has 2 atom stereocenters. The number of urea groups is 1. The van der Waals surface area contributed by atoms with Gasteiger partial charge in [0.1, 0.15) is 5.75 Å². The van der Waals surface area contributed by atoms with Gasteiger partial charge in [0, 0.05) is 11.6 Å². The molecule has 1 aliphatic rings. The van der Waals surface area contributed by atoms with Crippen molar-refractivity contribution in [2.24, 2.45) is 5.92 Å². The molecular formula is C18H24N2O4. The van der Waals surface area contributed by atoms with E-state index in [4.69, 9.17) is 4.74 Å². The summed E-state index contributed by atoms with van der Waals surface area (Å²) in [6, 6.07) is 6.14. The Morgan fingerprint density at radius 2 is 1.79 bits per heavy atom.